The van der Waals surface area contributed by atoms with E-state index in [0.717, 1.165) is 10.6 Å². The Morgan fingerprint density at radius 2 is 1.19 bits per heavy atom. The number of benzene rings is 3. The summed E-state index contributed by atoms with van der Waals surface area (Å²) < 4.78 is 7.40. The number of carbonyl (C=O) groups is 1. The SMILES string of the molecule is CCOC(=O)c1ccc(C[P+](c2ccccc2)(c2ccccc2)c2ccccc2)[se]1.[Br-]. The predicted molar refractivity (Wildman–Crippen MR) is 128 cm³/mol. The molecule has 1 heterocycles. The van der Waals surface area contributed by atoms with Gasteiger partial charge in [-0.15, -0.1) is 0 Å². The van der Waals surface area contributed by atoms with Crippen molar-refractivity contribution in [3.05, 3.63) is 112 Å². The van der Waals surface area contributed by atoms with Crippen LogP contribution in [0, 0.1) is 0 Å². The number of hydrogen-bond acceptors (Lipinski definition) is 2. The minimum atomic E-state index is -1.91. The quantitative estimate of drug-likeness (QED) is 0.195. The molecule has 0 bridgehead atoms. The Balaban J connectivity index is 0.00000272. The maximum Gasteiger partial charge on any atom is -1.00 e. The average molecular weight is 558 g/mol. The van der Waals surface area contributed by atoms with Crippen LogP contribution < -0.4 is 32.9 Å². The van der Waals surface area contributed by atoms with E-state index in [1.165, 1.54) is 20.4 Å². The van der Waals surface area contributed by atoms with Gasteiger partial charge in [0, 0.05) is 0 Å². The molecular weight excluding hydrogens is 534 g/mol. The molecule has 1 aromatic heterocycles. The van der Waals surface area contributed by atoms with Crippen LogP contribution >= 0.6 is 7.26 Å². The van der Waals surface area contributed by atoms with E-state index in [-0.39, 0.29) is 37.5 Å². The maximum absolute atomic E-state index is 12.3. The molecule has 5 heteroatoms. The van der Waals surface area contributed by atoms with Gasteiger partial charge in [-0.05, 0) is 0 Å². The fourth-order valence-electron chi connectivity index (χ4n) is 3.78. The number of hydrogen-bond donors (Lipinski definition) is 0. The summed E-state index contributed by atoms with van der Waals surface area (Å²) in [5.74, 6) is -0.174. The third kappa shape index (κ3) is 5.10. The van der Waals surface area contributed by atoms with E-state index < -0.39 is 7.26 Å². The van der Waals surface area contributed by atoms with Crippen molar-refractivity contribution in [3.8, 4) is 0 Å². The van der Waals surface area contributed by atoms with Crippen LogP contribution in [0.5, 0.6) is 0 Å². The van der Waals surface area contributed by atoms with E-state index in [0.29, 0.717) is 6.61 Å². The van der Waals surface area contributed by atoms with Gasteiger partial charge in [-0.2, -0.15) is 0 Å². The van der Waals surface area contributed by atoms with Gasteiger partial charge in [0.1, 0.15) is 0 Å². The number of halogens is 1. The standard InChI is InChI=1S/C26H24O2PSe.BrH/c1-2-28-26(27)25-19-18-24(30-25)20-29(21-12-6-3-7-13-21,22-14-8-4-9-15-22)23-16-10-5-11-17-23;/h3-19H,2,20H2,1H3;1H/q+1;/p-1. The van der Waals surface area contributed by atoms with E-state index in [2.05, 4.69) is 97.1 Å². The zero-order chi connectivity index (χ0) is 20.8. The second-order valence-electron chi connectivity index (χ2n) is 6.96. The fraction of sp³-hybridized carbons (Fsp3) is 0.115. The molecule has 0 aliphatic rings. The van der Waals surface area contributed by atoms with Gasteiger partial charge in [-0.1, -0.05) is 0 Å². The van der Waals surface area contributed by atoms with E-state index in [1.54, 1.807) is 0 Å². The topological polar surface area (TPSA) is 26.3 Å². The van der Waals surface area contributed by atoms with Crippen LogP contribution in [0.1, 0.15) is 20.6 Å². The molecule has 4 aromatic rings. The Kier molecular flexibility index (Phi) is 8.46. The van der Waals surface area contributed by atoms with E-state index in [9.17, 15) is 4.79 Å². The van der Waals surface area contributed by atoms with Crippen LogP contribution in [0.4, 0.5) is 0 Å². The molecule has 0 atom stereocenters. The molecule has 0 spiro atoms. The van der Waals surface area contributed by atoms with Crippen molar-refractivity contribution in [2.75, 3.05) is 6.61 Å². The van der Waals surface area contributed by atoms with Gasteiger partial charge in [-0.3, -0.25) is 0 Å². The zero-order valence-corrected chi connectivity index (χ0v) is 21.5. The fourth-order valence-corrected chi connectivity index (χ4v) is 11.0. The summed E-state index contributed by atoms with van der Waals surface area (Å²) >= 11 is -0.00412. The number of carbonyl (C=O) groups excluding carboxylic acids is 1. The van der Waals surface area contributed by atoms with Gasteiger partial charge in [0.2, 0.25) is 0 Å². The van der Waals surface area contributed by atoms with Crippen LogP contribution in [0.2, 0.25) is 0 Å². The van der Waals surface area contributed by atoms with E-state index >= 15 is 0 Å². The molecule has 3 aromatic carbocycles. The number of esters is 1. The molecule has 4 rings (SSSR count). The van der Waals surface area contributed by atoms with Crippen molar-refractivity contribution in [2.24, 2.45) is 0 Å². The summed E-state index contributed by atoms with van der Waals surface area (Å²) in [7, 11) is -1.91. The first-order chi connectivity index (χ1) is 14.7. The van der Waals surface area contributed by atoms with Crippen molar-refractivity contribution >= 4 is 43.6 Å². The predicted octanol–water partition coefficient (Wildman–Crippen LogP) is 1.42. The van der Waals surface area contributed by atoms with Crippen LogP contribution in [-0.2, 0) is 10.9 Å². The second kappa shape index (κ2) is 11.1. The number of ether oxygens (including phenoxy) is 1. The van der Waals surface area contributed by atoms with Crippen molar-refractivity contribution in [1.29, 1.82) is 0 Å². The molecule has 0 unspecified atom stereocenters. The minimum absolute atomic E-state index is 0. The van der Waals surface area contributed by atoms with Gasteiger partial charge in [0.05, 0.1) is 0 Å². The van der Waals surface area contributed by atoms with Crippen LogP contribution in [-0.4, -0.2) is 27.1 Å². The molecule has 0 radical (unpaired) electrons. The van der Waals surface area contributed by atoms with Gasteiger partial charge in [0.25, 0.3) is 0 Å². The van der Waals surface area contributed by atoms with Gasteiger partial charge in [-0.25, -0.2) is 0 Å². The van der Waals surface area contributed by atoms with Crippen molar-refractivity contribution < 1.29 is 26.5 Å². The molecule has 0 N–H and O–H groups in total. The Morgan fingerprint density at radius 3 is 1.61 bits per heavy atom. The largest absolute Gasteiger partial charge is 1.00 e. The Morgan fingerprint density at radius 1 is 0.742 bits per heavy atom. The summed E-state index contributed by atoms with van der Waals surface area (Å²) in [4.78, 5) is 12.3. The van der Waals surface area contributed by atoms with Crippen LogP contribution in [0.15, 0.2) is 103 Å². The van der Waals surface area contributed by atoms with Crippen LogP contribution in [0.3, 0.4) is 0 Å². The molecule has 0 saturated heterocycles. The molecular formula is C26H24BrO2PSe. The summed E-state index contributed by atoms with van der Waals surface area (Å²) in [6.45, 7) is 2.27. The smallest absolute Gasteiger partial charge is 1.00 e. The van der Waals surface area contributed by atoms with E-state index in [1.807, 2.05) is 13.0 Å². The third-order valence-electron chi connectivity index (χ3n) is 5.12. The first-order valence-corrected chi connectivity index (χ1v) is 13.7. The normalized spacial score (nSPS) is 10.9. The Bertz CT molecular complexity index is 1000. The zero-order valence-electron chi connectivity index (χ0n) is 17.3. The van der Waals surface area contributed by atoms with Gasteiger partial charge in [0.15, 0.2) is 0 Å². The molecule has 0 amide bonds. The van der Waals surface area contributed by atoms with Crippen molar-refractivity contribution in [2.45, 2.75) is 13.1 Å². The van der Waals surface area contributed by atoms with Crippen molar-refractivity contribution in [3.63, 3.8) is 0 Å². The van der Waals surface area contributed by atoms with Gasteiger partial charge >= 0.3 is 185 Å². The summed E-state index contributed by atoms with van der Waals surface area (Å²) in [6, 6.07) is 36.7. The molecule has 0 fully saturated rings. The minimum Gasteiger partial charge on any atom is -1.00 e. The average Bonchev–Trinajstić information content (AvgIpc) is 3.28. The molecule has 31 heavy (non-hydrogen) atoms. The molecule has 0 saturated carbocycles. The van der Waals surface area contributed by atoms with Crippen molar-refractivity contribution in [1.82, 2.24) is 0 Å². The monoisotopic (exact) mass is 558 g/mol. The summed E-state index contributed by atoms with van der Waals surface area (Å²) in [6.07, 6.45) is 0.935. The second-order valence-corrected chi connectivity index (χ2v) is 12.9. The number of rotatable bonds is 7. The first kappa shape index (κ1) is 23.7. The molecule has 0 aliphatic carbocycles. The van der Waals surface area contributed by atoms with E-state index in [4.69, 9.17) is 4.74 Å². The molecule has 0 aliphatic heterocycles. The van der Waals surface area contributed by atoms with Crippen LogP contribution in [0.25, 0.3) is 0 Å². The maximum atomic E-state index is 12.3. The first-order valence-electron chi connectivity index (χ1n) is 10.0. The summed E-state index contributed by atoms with van der Waals surface area (Å²) in [5, 5.41) is 4.09. The van der Waals surface area contributed by atoms with Gasteiger partial charge < -0.3 is 17.0 Å². The Labute approximate surface area is 201 Å². The Hall–Kier alpha value is -1.96. The molecule has 2 nitrogen and oxygen atoms in total. The summed E-state index contributed by atoms with van der Waals surface area (Å²) in [5.41, 5.74) is 0. The third-order valence-corrected chi connectivity index (χ3v) is 12.2. The molecule has 158 valence electrons.